The number of ether oxygens (including phenoxy) is 10. The first kappa shape index (κ1) is 46.5. The summed E-state index contributed by atoms with van der Waals surface area (Å²) in [6.45, 7) is 3.94. The van der Waals surface area contributed by atoms with Crippen molar-refractivity contribution in [1.82, 2.24) is 0 Å². The van der Waals surface area contributed by atoms with E-state index in [0.717, 1.165) is 50.4 Å². The molecule has 63 heavy (non-hydrogen) atoms. The van der Waals surface area contributed by atoms with E-state index in [1.54, 1.807) is 0 Å². The van der Waals surface area contributed by atoms with Crippen molar-refractivity contribution in [3.8, 4) is 23.0 Å². The molecule has 4 aliphatic heterocycles. The Hall–Kier alpha value is -6.05. The molecule has 2 aromatic rings. The Balaban J connectivity index is 1.37. The fourth-order valence-electron chi connectivity index (χ4n) is 7.20. The maximum Gasteiger partial charge on any atom is 0.342 e. The summed E-state index contributed by atoms with van der Waals surface area (Å²) in [5.41, 5.74) is -3.25. The average Bonchev–Trinajstić information content (AvgIpc) is 3.23. The van der Waals surface area contributed by atoms with Crippen LogP contribution in [0.15, 0.2) is 60.9 Å². The van der Waals surface area contributed by atoms with E-state index in [-0.39, 0.29) is 24.2 Å². The Bertz CT molecular complexity index is 2100. The zero-order valence-corrected chi connectivity index (χ0v) is 33.3. The average molecular weight is 893 g/mol. The predicted molar refractivity (Wildman–Crippen MR) is 200 cm³/mol. The van der Waals surface area contributed by atoms with E-state index in [1.807, 2.05) is 0 Å². The normalized spacial score (nSPS) is 32.6. The van der Waals surface area contributed by atoms with Gasteiger partial charge in [-0.2, -0.15) is 0 Å². The second kappa shape index (κ2) is 19.1. The lowest BCUT2D eigenvalue weighted by molar-refractivity contribution is -0.343. The van der Waals surface area contributed by atoms with Crippen LogP contribution in [0.3, 0.4) is 0 Å². The molecule has 4 heterocycles. The number of hydrogen-bond acceptors (Lipinski definition) is 23. The number of phenolic OH excluding ortho intramolecular Hbond substituents is 3. The topological polar surface area (TPSA) is 339 Å². The van der Waals surface area contributed by atoms with Gasteiger partial charge in [-0.15, -0.1) is 6.58 Å². The summed E-state index contributed by atoms with van der Waals surface area (Å²) < 4.78 is 56.2. The highest BCUT2D eigenvalue weighted by molar-refractivity contribution is 5.94. The summed E-state index contributed by atoms with van der Waals surface area (Å²) in [6, 6.07) is 6.22. The molecule has 0 bridgehead atoms. The van der Waals surface area contributed by atoms with Crippen molar-refractivity contribution in [3.05, 3.63) is 72.0 Å². The van der Waals surface area contributed by atoms with Gasteiger partial charge in [0.05, 0.1) is 31.0 Å². The summed E-state index contributed by atoms with van der Waals surface area (Å²) >= 11 is 0. The van der Waals surface area contributed by atoms with Gasteiger partial charge in [-0.1, -0.05) is 12.1 Å². The molecule has 342 valence electrons. The number of aliphatic hydroxyl groups excluding tert-OH is 4. The van der Waals surface area contributed by atoms with Crippen molar-refractivity contribution in [1.29, 1.82) is 0 Å². The largest absolute Gasteiger partial charge is 0.504 e. The molecule has 23 nitrogen and oxygen atoms in total. The van der Waals surface area contributed by atoms with Gasteiger partial charge in [0.1, 0.15) is 53.9 Å². The molecule has 0 radical (unpaired) electrons. The van der Waals surface area contributed by atoms with Gasteiger partial charge in [0.2, 0.25) is 18.9 Å². The van der Waals surface area contributed by atoms with Crippen LogP contribution >= 0.6 is 0 Å². The highest BCUT2D eigenvalue weighted by Crippen LogP contribution is 2.43. The van der Waals surface area contributed by atoms with Crippen molar-refractivity contribution in [3.63, 3.8) is 0 Å². The minimum atomic E-state index is -2.00. The van der Waals surface area contributed by atoms with Crippen LogP contribution in [0.1, 0.15) is 41.0 Å². The first-order valence-electron chi connectivity index (χ1n) is 19.1. The first-order valence-corrected chi connectivity index (χ1v) is 19.1. The van der Waals surface area contributed by atoms with Crippen molar-refractivity contribution in [2.45, 2.75) is 93.6 Å². The molecule has 0 spiro atoms. The first-order chi connectivity index (χ1) is 29.9. The highest BCUT2D eigenvalue weighted by atomic mass is 16.8. The summed E-state index contributed by atoms with van der Waals surface area (Å²) in [5.74, 6) is -9.52. The van der Waals surface area contributed by atoms with E-state index in [2.05, 4.69) is 6.58 Å². The molecule has 0 saturated carbocycles. The molecule has 2 aromatic carbocycles. The number of para-hydroxylation sites is 1. The number of hydrogen-bond donors (Lipinski definition) is 8. The minimum absolute atomic E-state index is 0.135. The van der Waals surface area contributed by atoms with E-state index < -0.39 is 151 Å². The second-order valence-electron chi connectivity index (χ2n) is 14.6. The molecule has 0 aliphatic carbocycles. The number of fused-ring (bicyclic) bond motifs is 1. The van der Waals surface area contributed by atoms with Crippen LogP contribution in [0.5, 0.6) is 23.0 Å². The molecule has 3 saturated heterocycles. The molecule has 0 amide bonds. The summed E-state index contributed by atoms with van der Waals surface area (Å²) in [5, 5.41) is 83.3. The molecule has 0 aromatic heterocycles. The molecule has 23 heteroatoms. The minimum Gasteiger partial charge on any atom is -0.504 e. The summed E-state index contributed by atoms with van der Waals surface area (Å²) in [6.07, 6.45) is -17.9. The van der Waals surface area contributed by atoms with Gasteiger partial charge in [-0.3, -0.25) is 9.59 Å². The number of carbonyl (C=O) groups excluding carboxylic acids is 5. The second-order valence-corrected chi connectivity index (χ2v) is 14.6. The molecular formula is C40H44O23. The third-order valence-electron chi connectivity index (χ3n) is 10.4. The third kappa shape index (κ3) is 9.64. The van der Waals surface area contributed by atoms with E-state index in [4.69, 9.17) is 47.4 Å². The van der Waals surface area contributed by atoms with Gasteiger partial charge in [-0.05, 0) is 30.3 Å². The van der Waals surface area contributed by atoms with E-state index in [1.165, 1.54) is 12.1 Å². The monoisotopic (exact) mass is 892 g/mol. The van der Waals surface area contributed by atoms with Gasteiger partial charge in [0.15, 0.2) is 41.3 Å². The lowest BCUT2D eigenvalue weighted by atomic mass is 9.76. The number of aromatic hydroxyl groups is 3. The van der Waals surface area contributed by atoms with Crippen molar-refractivity contribution in [2.75, 3.05) is 19.8 Å². The quantitative estimate of drug-likeness (QED) is 0.0501. The lowest BCUT2D eigenvalue weighted by Crippen LogP contribution is -2.64. The van der Waals surface area contributed by atoms with E-state index in [0.29, 0.717) is 0 Å². The number of cyclic esters (lactones) is 1. The molecule has 8 N–H and O–H groups in total. The van der Waals surface area contributed by atoms with E-state index >= 15 is 0 Å². The number of rotatable bonds is 13. The number of aliphatic hydroxyl groups is 5. The number of benzene rings is 2. The van der Waals surface area contributed by atoms with Crippen LogP contribution in [0.4, 0.5) is 0 Å². The van der Waals surface area contributed by atoms with Gasteiger partial charge < -0.3 is 88.2 Å². The summed E-state index contributed by atoms with van der Waals surface area (Å²) in [7, 11) is 0. The Labute approximate surface area is 356 Å². The van der Waals surface area contributed by atoms with Gasteiger partial charge in [0.25, 0.3) is 0 Å². The van der Waals surface area contributed by atoms with Gasteiger partial charge in [-0.25, -0.2) is 14.4 Å². The Morgan fingerprint density at radius 2 is 1.56 bits per heavy atom. The fraction of sp³-hybridized carbons (Fsp3) is 0.475. The Kier molecular flexibility index (Phi) is 14.1. The standard InChI is InChI=1S/C40H44O23/c1-4-20-37(56-14-21-36(52)54-11-10-40(20,21)53)63-39-33(62-34(50)18-8-9-22(44)23(45)12-18)32(57-17(3)43)31(26(60-39)15-55-16(2)42)61-35(51)19-6-5-7-24(27(19)46)58-38-30(49)29(48)28(47)25(13-41)59-38/h4-9,12,14,20,25-26,28-33,37-39,41,44-49,53H,1,10-11,13,15H2,2-3H3/t20-,25-,26+,28+,29+,30+,31+,32-,33+,37+,38-,39-,40+/m1/s1. The van der Waals surface area contributed by atoms with Gasteiger partial charge in [0, 0.05) is 20.3 Å². The molecule has 3 fully saturated rings. The zero-order chi connectivity index (χ0) is 45.9. The number of esters is 5. The van der Waals surface area contributed by atoms with Crippen LogP contribution < -0.4 is 4.74 Å². The smallest absolute Gasteiger partial charge is 0.342 e. The maximum absolute atomic E-state index is 14.0. The van der Waals surface area contributed by atoms with Gasteiger partial charge >= 0.3 is 29.8 Å². The summed E-state index contributed by atoms with van der Waals surface area (Å²) in [4.78, 5) is 65.2. The van der Waals surface area contributed by atoms with Crippen LogP contribution in [-0.2, 0) is 57.0 Å². The Morgan fingerprint density at radius 1 is 0.841 bits per heavy atom. The molecule has 6 rings (SSSR count). The third-order valence-corrected chi connectivity index (χ3v) is 10.4. The van der Waals surface area contributed by atoms with E-state index in [9.17, 15) is 64.8 Å². The SMILES string of the molecule is C=C[C@@H]1[C@H](O[C@H]2O[C@@H](COC(C)=O)[C@H](OC(=O)c3cccc(O[C@@H]4O[C@H](CO)[C@H](O)[C@H](O)[C@@H]4O)c3O)[C@@H](OC(C)=O)[C@@H]2OC(=O)c2ccc(O)c(O)c2)OC=C2C(=O)OCC[C@@]21O. The van der Waals surface area contributed by atoms with Crippen molar-refractivity contribution in [2.24, 2.45) is 5.92 Å². The highest BCUT2D eigenvalue weighted by Gasteiger charge is 2.58. The lowest BCUT2D eigenvalue weighted by Gasteiger charge is -2.48. The fourth-order valence-corrected chi connectivity index (χ4v) is 7.20. The molecule has 0 unspecified atom stereocenters. The molecule has 4 aliphatic rings. The van der Waals surface area contributed by atoms with Crippen LogP contribution in [-0.4, -0.2) is 164 Å². The van der Waals surface area contributed by atoms with Crippen molar-refractivity contribution < 1.29 is 112 Å². The Morgan fingerprint density at radius 3 is 2.22 bits per heavy atom. The van der Waals surface area contributed by atoms with Crippen molar-refractivity contribution >= 4 is 29.8 Å². The van der Waals surface area contributed by atoms with Crippen LogP contribution in [0, 0.1) is 5.92 Å². The molecular weight excluding hydrogens is 848 g/mol. The van der Waals surface area contributed by atoms with Crippen LogP contribution in [0.25, 0.3) is 0 Å². The zero-order valence-electron chi connectivity index (χ0n) is 33.3. The number of phenols is 3. The predicted octanol–water partition coefficient (Wildman–Crippen LogP) is -1.31. The maximum atomic E-state index is 14.0. The van der Waals surface area contributed by atoms with Crippen LogP contribution in [0.2, 0.25) is 0 Å². The number of carbonyl (C=O) groups is 5. The molecule has 13 atom stereocenters.